The summed E-state index contributed by atoms with van der Waals surface area (Å²) in [5, 5.41) is 0. The molecule has 2 N–H and O–H groups in total. The highest BCUT2D eigenvalue weighted by Crippen LogP contribution is 2.18. The third-order valence-electron chi connectivity index (χ3n) is 2.88. The van der Waals surface area contributed by atoms with Gasteiger partial charge in [0.1, 0.15) is 5.76 Å². The predicted octanol–water partition coefficient (Wildman–Crippen LogP) is 3.69. The van der Waals surface area contributed by atoms with Gasteiger partial charge in [-0.3, -0.25) is 0 Å². The number of rotatable bonds is 6. The second-order valence-corrected chi connectivity index (χ2v) is 4.04. The van der Waals surface area contributed by atoms with Crippen molar-refractivity contribution in [2.24, 2.45) is 5.92 Å². The Morgan fingerprint density at radius 2 is 1.81 bits per heavy atom. The molecule has 0 spiro atoms. The first-order valence-electron chi connectivity index (χ1n) is 5.85. The average molecular weight is 219 g/mol. The molecule has 0 atom stereocenters. The summed E-state index contributed by atoms with van der Waals surface area (Å²) in [6.45, 7) is 9.05. The molecule has 1 rings (SSSR count). The normalized spacial score (nSPS) is 10.4. The summed E-state index contributed by atoms with van der Waals surface area (Å²) in [7, 11) is 0. The molecule has 0 saturated heterocycles. The van der Waals surface area contributed by atoms with E-state index < -0.39 is 0 Å². The van der Waals surface area contributed by atoms with Crippen LogP contribution in [0.4, 0.5) is 5.69 Å². The molecule has 88 valence electrons. The molecule has 0 aromatic heterocycles. The van der Waals surface area contributed by atoms with Crippen molar-refractivity contribution < 1.29 is 4.74 Å². The van der Waals surface area contributed by atoms with Crippen molar-refractivity contribution in [2.75, 3.05) is 12.3 Å². The second-order valence-electron chi connectivity index (χ2n) is 4.04. The van der Waals surface area contributed by atoms with E-state index in [0.29, 0.717) is 5.92 Å². The Morgan fingerprint density at radius 3 is 2.31 bits per heavy atom. The van der Waals surface area contributed by atoms with Gasteiger partial charge >= 0.3 is 0 Å². The van der Waals surface area contributed by atoms with Crippen LogP contribution in [0.3, 0.4) is 0 Å². The van der Waals surface area contributed by atoms with Crippen LogP contribution in [0.15, 0.2) is 30.8 Å². The molecule has 0 amide bonds. The molecule has 0 aliphatic rings. The minimum absolute atomic E-state index is 0.616. The minimum Gasteiger partial charge on any atom is -0.493 e. The van der Waals surface area contributed by atoms with Crippen LogP contribution in [0, 0.1) is 5.92 Å². The molecule has 0 aliphatic heterocycles. The first-order valence-corrected chi connectivity index (χ1v) is 5.85. The topological polar surface area (TPSA) is 35.2 Å². The maximum atomic E-state index is 5.68. The van der Waals surface area contributed by atoms with Gasteiger partial charge in [0.15, 0.2) is 0 Å². The van der Waals surface area contributed by atoms with E-state index in [1.165, 1.54) is 0 Å². The van der Waals surface area contributed by atoms with E-state index in [1.54, 1.807) is 0 Å². The Bertz CT molecular complexity index is 325. The van der Waals surface area contributed by atoms with Crippen LogP contribution in [0.2, 0.25) is 0 Å². The molecule has 1 aromatic carbocycles. The summed E-state index contributed by atoms with van der Waals surface area (Å²) in [6, 6.07) is 7.59. The van der Waals surface area contributed by atoms with Gasteiger partial charge in [0.2, 0.25) is 0 Å². The summed E-state index contributed by atoms with van der Waals surface area (Å²) in [4.78, 5) is 0. The van der Waals surface area contributed by atoms with Crippen molar-refractivity contribution in [3.05, 3.63) is 36.4 Å². The van der Waals surface area contributed by atoms with E-state index >= 15 is 0 Å². The lowest BCUT2D eigenvalue weighted by molar-refractivity contribution is 0.210. The second kappa shape index (κ2) is 6.21. The SMILES string of the molecule is C=C(OCC(CC)CC)c1ccc(N)cc1. The fourth-order valence-electron chi connectivity index (χ4n) is 1.50. The van der Waals surface area contributed by atoms with Gasteiger partial charge in [-0.2, -0.15) is 0 Å². The van der Waals surface area contributed by atoms with Crippen molar-refractivity contribution in [1.29, 1.82) is 0 Å². The van der Waals surface area contributed by atoms with Crippen molar-refractivity contribution in [3.63, 3.8) is 0 Å². The Labute approximate surface area is 98.1 Å². The van der Waals surface area contributed by atoms with E-state index in [0.717, 1.165) is 36.5 Å². The number of benzene rings is 1. The maximum absolute atomic E-state index is 5.68. The van der Waals surface area contributed by atoms with Crippen LogP contribution in [0.25, 0.3) is 5.76 Å². The lowest BCUT2D eigenvalue weighted by Crippen LogP contribution is -2.06. The quantitative estimate of drug-likeness (QED) is 0.585. The molecule has 0 heterocycles. The monoisotopic (exact) mass is 219 g/mol. The maximum Gasteiger partial charge on any atom is 0.119 e. The van der Waals surface area contributed by atoms with E-state index in [1.807, 2.05) is 24.3 Å². The van der Waals surface area contributed by atoms with Gasteiger partial charge < -0.3 is 10.5 Å². The molecule has 0 aliphatic carbocycles. The molecule has 0 saturated carbocycles. The van der Waals surface area contributed by atoms with Gasteiger partial charge in [-0.1, -0.05) is 33.3 Å². The smallest absolute Gasteiger partial charge is 0.119 e. The van der Waals surface area contributed by atoms with E-state index in [9.17, 15) is 0 Å². The number of anilines is 1. The molecule has 2 nitrogen and oxygen atoms in total. The Hall–Kier alpha value is -1.44. The first kappa shape index (κ1) is 12.6. The minimum atomic E-state index is 0.616. The largest absolute Gasteiger partial charge is 0.493 e. The fraction of sp³-hybridized carbons (Fsp3) is 0.429. The van der Waals surface area contributed by atoms with Crippen LogP contribution in [-0.4, -0.2) is 6.61 Å². The number of hydrogen-bond acceptors (Lipinski definition) is 2. The van der Waals surface area contributed by atoms with E-state index in [-0.39, 0.29) is 0 Å². The molecule has 2 heteroatoms. The molecule has 0 radical (unpaired) electrons. The number of ether oxygens (including phenoxy) is 1. The summed E-state index contributed by atoms with van der Waals surface area (Å²) >= 11 is 0. The van der Waals surface area contributed by atoms with Gasteiger partial charge in [-0.25, -0.2) is 0 Å². The molecular formula is C14H21NO. The van der Waals surface area contributed by atoms with Crippen molar-refractivity contribution in [1.82, 2.24) is 0 Å². The first-order chi connectivity index (χ1) is 7.67. The highest BCUT2D eigenvalue weighted by Gasteiger charge is 2.06. The predicted molar refractivity (Wildman–Crippen MR) is 69.9 cm³/mol. The zero-order valence-corrected chi connectivity index (χ0v) is 10.2. The fourth-order valence-corrected chi connectivity index (χ4v) is 1.50. The van der Waals surface area contributed by atoms with Crippen LogP contribution >= 0.6 is 0 Å². The number of hydrogen-bond donors (Lipinski definition) is 1. The lowest BCUT2D eigenvalue weighted by atomic mass is 10.1. The number of nitrogen functional groups attached to an aromatic ring is 1. The van der Waals surface area contributed by atoms with E-state index in [4.69, 9.17) is 10.5 Å². The van der Waals surface area contributed by atoms with Crippen LogP contribution in [-0.2, 0) is 4.74 Å². The van der Waals surface area contributed by atoms with Gasteiger partial charge in [-0.15, -0.1) is 0 Å². The van der Waals surface area contributed by atoms with Gasteiger partial charge in [0, 0.05) is 11.3 Å². The van der Waals surface area contributed by atoms with Crippen molar-refractivity contribution in [2.45, 2.75) is 26.7 Å². The van der Waals surface area contributed by atoms with Crippen molar-refractivity contribution in [3.8, 4) is 0 Å². The molecular weight excluding hydrogens is 198 g/mol. The molecule has 1 aromatic rings. The molecule has 0 bridgehead atoms. The Morgan fingerprint density at radius 1 is 1.25 bits per heavy atom. The standard InChI is InChI=1S/C14H21NO/c1-4-12(5-2)10-16-11(3)13-6-8-14(15)9-7-13/h6-9,12H,3-5,10,15H2,1-2H3. The van der Waals surface area contributed by atoms with Gasteiger partial charge in [-0.05, 0) is 30.2 Å². The lowest BCUT2D eigenvalue weighted by Gasteiger charge is -2.15. The highest BCUT2D eigenvalue weighted by molar-refractivity contribution is 5.59. The Kier molecular flexibility index (Phi) is 4.90. The van der Waals surface area contributed by atoms with E-state index in [2.05, 4.69) is 20.4 Å². The Balaban J connectivity index is 2.49. The van der Waals surface area contributed by atoms with Crippen LogP contribution < -0.4 is 5.73 Å². The van der Waals surface area contributed by atoms with Gasteiger partial charge in [0.05, 0.1) is 6.61 Å². The molecule has 0 unspecified atom stereocenters. The summed E-state index contributed by atoms with van der Waals surface area (Å²) in [6.07, 6.45) is 2.29. The van der Waals surface area contributed by atoms with Crippen LogP contribution in [0.5, 0.6) is 0 Å². The van der Waals surface area contributed by atoms with Crippen molar-refractivity contribution >= 4 is 11.4 Å². The van der Waals surface area contributed by atoms with Gasteiger partial charge in [0.25, 0.3) is 0 Å². The highest BCUT2D eigenvalue weighted by atomic mass is 16.5. The average Bonchev–Trinajstić information content (AvgIpc) is 2.31. The summed E-state index contributed by atoms with van der Waals surface area (Å²) in [5.74, 6) is 1.34. The summed E-state index contributed by atoms with van der Waals surface area (Å²) < 4.78 is 5.68. The third kappa shape index (κ3) is 3.61. The zero-order chi connectivity index (χ0) is 12.0. The molecule has 16 heavy (non-hydrogen) atoms. The van der Waals surface area contributed by atoms with Crippen LogP contribution in [0.1, 0.15) is 32.3 Å². The zero-order valence-electron chi connectivity index (χ0n) is 10.2. The number of nitrogens with two attached hydrogens (primary N) is 1. The summed E-state index contributed by atoms with van der Waals surface area (Å²) in [5.41, 5.74) is 7.38. The third-order valence-corrected chi connectivity index (χ3v) is 2.88. The molecule has 0 fully saturated rings.